The van der Waals surface area contributed by atoms with Crippen LogP contribution in [0.1, 0.15) is 23.7 Å². The van der Waals surface area contributed by atoms with E-state index in [1.807, 2.05) is 0 Å². The molecule has 1 aromatic heterocycles. The Morgan fingerprint density at radius 1 is 1.48 bits per heavy atom. The van der Waals surface area contributed by atoms with Crippen LogP contribution in [0.15, 0.2) is 35.0 Å². The van der Waals surface area contributed by atoms with E-state index in [4.69, 9.17) is 0 Å². The standard InChI is InChI=1S/C13H14N2O5S/c1-3-9(13(17)20-2)6-8-15-12(16)10-5-4-7-14-11(10)21(15,18)19/h4-7H,3,8H2,1-2H3/b9-6-. The van der Waals surface area contributed by atoms with Gasteiger partial charge < -0.3 is 4.74 Å². The molecule has 2 heterocycles. The number of esters is 1. The van der Waals surface area contributed by atoms with E-state index in [1.165, 1.54) is 31.5 Å². The molecule has 0 spiro atoms. The molecule has 0 unspecified atom stereocenters. The minimum atomic E-state index is -3.96. The Bertz CT molecular complexity index is 724. The number of hydrogen-bond acceptors (Lipinski definition) is 6. The first-order chi connectivity index (χ1) is 9.93. The summed E-state index contributed by atoms with van der Waals surface area (Å²) >= 11 is 0. The smallest absolute Gasteiger partial charge is 0.333 e. The second kappa shape index (κ2) is 5.65. The quantitative estimate of drug-likeness (QED) is 0.601. The second-order valence-corrected chi connectivity index (χ2v) is 6.05. The van der Waals surface area contributed by atoms with Crippen molar-refractivity contribution in [2.75, 3.05) is 13.7 Å². The average molecular weight is 310 g/mol. The third kappa shape index (κ3) is 2.54. The minimum Gasteiger partial charge on any atom is -0.466 e. The number of pyridine rings is 1. The van der Waals surface area contributed by atoms with Crippen LogP contribution in [0.4, 0.5) is 0 Å². The number of nitrogens with zero attached hydrogens (tertiary/aromatic N) is 2. The Morgan fingerprint density at radius 2 is 2.19 bits per heavy atom. The molecule has 0 aliphatic carbocycles. The van der Waals surface area contributed by atoms with Crippen LogP contribution in [0.25, 0.3) is 0 Å². The Labute approximate surface area is 122 Å². The van der Waals surface area contributed by atoms with Crippen LogP contribution >= 0.6 is 0 Å². The predicted molar refractivity (Wildman–Crippen MR) is 72.8 cm³/mol. The Balaban J connectivity index is 2.33. The van der Waals surface area contributed by atoms with Crippen molar-refractivity contribution in [2.24, 2.45) is 0 Å². The van der Waals surface area contributed by atoms with Gasteiger partial charge >= 0.3 is 5.97 Å². The molecule has 8 heteroatoms. The molecular formula is C13H14N2O5S. The summed E-state index contributed by atoms with van der Waals surface area (Å²) < 4.78 is 29.7. The molecule has 0 saturated carbocycles. The zero-order valence-corrected chi connectivity index (χ0v) is 12.4. The fourth-order valence-corrected chi connectivity index (χ4v) is 3.41. The average Bonchev–Trinajstić information content (AvgIpc) is 2.68. The number of carbonyl (C=O) groups excluding carboxylic acids is 2. The molecule has 1 aliphatic heterocycles. The van der Waals surface area contributed by atoms with Gasteiger partial charge in [0.2, 0.25) is 0 Å². The van der Waals surface area contributed by atoms with Gasteiger partial charge in [-0.2, -0.15) is 8.42 Å². The van der Waals surface area contributed by atoms with Gasteiger partial charge in [0.1, 0.15) is 0 Å². The van der Waals surface area contributed by atoms with E-state index < -0.39 is 21.9 Å². The predicted octanol–water partition coefficient (Wildman–Crippen LogP) is 0.735. The van der Waals surface area contributed by atoms with Crippen molar-refractivity contribution in [2.45, 2.75) is 18.4 Å². The normalized spacial score (nSPS) is 16.8. The number of methoxy groups -OCH3 is 1. The van der Waals surface area contributed by atoms with E-state index in [0.29, 0.717) is 16.3 Å². The number of rotatable bonds is 4. The van der Waals surface area contributed by atoms with E-state index in [0.717, 1.165) is 0 Å². The van der Waals surface area contributed by atoms with Crippen molar-refractivity contribution in [3.8, 4) is 0 Å². The highest BCUT2D eigenvalue weighted by molar-refractivity contribution is 7.90. The van der Waals surface area contributed by atoms with Crippen LogP contribution in [0.3, 0.4) is 0 Å². The summed E-state index contributed by atoms with van der Waals surface area (Å²) in [7, 11) is -2.72. The molecule has 0 N–H and O–H groups in total. The third-order valence-corrected chi connectivity index (χ3v) is 4.80. The number of fused-ring (bicyclic) bond motifs is 1. The molecule has 0 radical (unpaired) electrons. The highest BCUT2D eigenvalue weighted by Gasteiger charge is 2.41. The molecule has 0 saturated heterocycles. The van der Waals surface area contributed by atoms with Gasteiger partial charge in [-0.3, -0.25) is 4.79 Å². The van der Waals surface area contributed by atoms with Crippen molar-refractivity contribution in [3.63, 3.8) is 0 Å². The molecule has 1 amide bonds. The van der Waals surface area contributed by atoms with Crippen molar-refractivity contribution >= 4 is 21.9 Å². The highest BCUT2D eigenvalue weighted by Crippen LogP contribution is 2.27. The van der Waals surface area contributed by atoms with Gasteiger partial charge in [-0.15, -0.1) is 0 Å². The lowest BCUT2D eigenvalue weighted by molar-refractivity contribution is -0.136. The van der Waals surface area contributed by atoms with Crippen LogP contribution in [0.5, 0.6) is 0 Å². The number of aromatic nitrogens is 1. The molecule has 2 rings (SSSR count). The fraction of sp³-hybridized carbons (Fsp3) is 0.308. The lowest BCUT2D eigenvalue weighted by atomic mass is 10.2. The van der Waals surface area contributed by atoms with Crippen LogP contribution < -0.4 is 0 Å². The number of hydrogen-bond donors (Lipinski definition) is 0. The van der Waals surface area contributed by atoms with E-state index >= 15 is 0 Å². The molecule has 0 atom stereocenters. The zero-order chi connectivity index (χ0) is 15.6. The van der Waals surface area contributed by atoms with Gasteiger partial charge in [0, 0.05) is 11.8 Å². The van der Waals surface area contributed by atoms with Crippen LogP contribution in [-0.2, 0) is 19.6 Å². The lowest BCUT2D eigenvalue weighted by Crippen LogP contribution is -2.30. The van der Waals surface area contributed by atoms with Crippen molar-refractivity contribution in [3.05, 3.63) is 35.5 Å². The Morgan fingerprint density at radius 3 is 2.76 bits per heavy atom. The van der Waals surface area contributed by atoms with Gasteiger partial charge in [0.15, 0.2) is 5.03 Å². The fourth-order valence-electron chi connectivity index (χ4n) is 1.98. The summed E-state index contributed by atoms with van der Waals surface area (Å²) in [4.78, 5) is 27.3. The third-order valence-electron chi connectivity index (χ3n) is 3.09. The topological polar surface area (TPSA) is 93.6 Å². The number of amides is 1. The maximum Gasteiger partial charge on any atom is 0.333 e. The molecular weight excluding hydrogens is 296 g/mol. The second-order valence-electron chi connectivity index (χ2n) is 4.27. The Kier molecular flexibility index (Phi) is 4.08. The van der Waals surface area contributed by atoms with Gasteiger partial charge in [-0.25, -0.2) is 14.1 Å². The number of sulfonamides is 1. The lowest BCUT2D eigenvalue weighted by Gasteiger charge is -2.12. The van der Waals surface area contributed by atoms with Crippen molar-refractivity contribution in [1.82, 2.24) is 9.29 Å². The summed E-state index contributed by atoms with van der Waals surface area (Å²) in [5, 5.41) is -0.250. The van der Waals surface area contributed by atoms with E-state index in [1.54, 1.807) is 6.92 Å². The summed E-state index contributed by atoms with van der Waals surface area (Å²) in [5.74, 6) is -1.19. The molecule has 0 fully saturated rings. The van der Waals surface area contributed by atoms with Crippen molar-refractivity contribution < 1.29 is 22.7 Å². The maximum atomic E-state index is 12.2. The zero-order valence-electron chi connectivity index (χ0n) is 11.6. The highest BCUT2D eigenvalue weighted by atomic mass is 32.2. The summed E-state index contributed by atoms with van der Waals surface area (Å²) in [5.41, 5.74) is 0.353. The van der Waals surface area contributed by atoms with Crippen LogP contribution in [0.2, 0.25) is 0 Å². The molecule has 21 heavy (non-hydrogen) atoms. The Hall–Kier alpha value is -2.22. The van der Waals surface area contributed by atoms with Gasteiger partial charge in [-0.1, -0.05) is 13.0 Å². The van der Waals surface area contributed by atoms with E-state index in [9.17, 15) is 18.0 Å². The van der Waals surface area contributed by atoms with Gasteiger partial charge in [-0.05, 0) is 18.6 Å². The van der Waals surface area contributed by atoms with Gasteiger partial charge in [0.25, 0.3) is 15.9 Å². The molecule has 1 aliphatic rings. The minimum absolute atomic E-state index is 0.0435. The van der Waals surface area contributed by atoms with E-state index in [-0.39, 0.29) is 17.1 Å². The first kappa shape index (κ1) is 15.2. The van der Waals surface area contributed by atoms with Gasteiger partial charge in [0.05, 0.1) is 19.2 Å². The summed E-state index contributed by atoms with van der Waals surface area (Å²) in [6.45, 7) is 1.51. The number of ether oxygens (including phenoxy) is 1. The largest absolute Gasteiger partial charge is 0.466 e. The summed E-state index contributed by atoms with van der Waals surface area (Å²) in [6.07, 6.45) is 3.07. The SMILES string of the molecule is CC/C(=C/CN1C(=O)c2cccnc2S1(=O)=O)C(=O)OC. The molecule has 7 nitrogen and oxygen atoms in total. The van der Waals surface area contributed by atoms with E-state index in [2.05, 4.69) is 9.72 Å². The van der Waals surface area contributed by atoms with Crippen molar-refractivity contribution in [1.29, 1.82) is 0 Å². The number of carbonyl (C=O) groups is 2. The van der Waals surface area contributed by atoms with Crippen LogP contribution in [0, 0.1) is 0 Å². The maximum absolute atomic E-state index is 12.2. The van der Waals surface area contributed by atoms with Crippen LogP contribution in [-0.4, -0.2) is 43.2 Å². The molecule has 1 aromatic rings. The molecule has 0 bridgehead atoms. The molecule has 112 valence electrons. The first-order valence-electron chi connectivity index (χ1n) is 6.23. The summed E-state index contributed by atoms with van der Waals surface area (Å²) in [6, 6.07) is 2.91. The first-order valence-corrected chi connectivity index (χ1v) is 7.67. The monoisotopic (exact) mass is 310 g/mol. The molecule has 0 aromatic carbocycles.